The second-order valence-electron chi connectivity index (χ2n) is 3.21. The molecule has 4 nitrogen and oxygen atoms in total. The molecule has 0 aromatic carbocycles. The van der Waals surface area contributed by atoms with Crippen molar-refractivity contribution in [2.24, 2.45) is 5.41 Å². The van der Waals surface area contributed by atoms with Gasteiger partial charge in [-0.15, -0.1) is 0 Å². The molecular formula is C8H14O4. The molecule has 4 heteroatoms. The molecule has 0 fully saturated rings. The number of aliphatic carboxylic acids is 1. The third-order valence-electron chi connectivity index (χ3n) is 1.76. The highest BCUT2D eigenvalue weighted by Gasteiger charge is 2.27. The van der Waals surface area contributed by atoms with E-state index in [1.54, 1.807) is 13.8 Å². The number of ether oxygens (including phenoxy) is 1. The van der Waals surface area contributed by atoms with Crippen LogP contribution in [0.3, 0.4) is 0 Å². The second-order valence-corrected chi connectivity index (χ2v) is 3.21. The smallest absolute Gasteiger partial charge is 0.341 e. The zero-order chi connectivity index (χ0) is 9.78. The van der Waals surface area contributed by atoms with E-state index in [-0.39, 0.29) is 0 Å². The topological polar surface area (TPSA) is 63.6 Å². The number of esters is 1. The maximum Gasteiger partial charge on any atom is 0.341 e. The fraction of sp³-hybridized carbons (Fsp3) is 0.750. The maximum absolute atomic E-state index is 11.1. The van der Waals surface area contributed by atoms with Crippen LogP contribution in [-0.4, -0.2) is 23.7 Å². The average Bonchev–Trinajstić information content (AvgIpc) is 2.00. The standard InChI is InChI=1S/C8H14O4/c1-4-8(2,3)7(11)12-5-6(9)10/h4-5H2,1-3H3,(H,9,10). The number of carboxylic acids is 1. The fourth-order valence-electron chi connectivity index (χ4n) is 0.467. The number of carboxylic acid groups (broad SMARTS) is 1. The van der Waals surface area contributed by atoms with Crippen molar-refractivity contribution < 1.29 is 19.4 Å². The molecule has 0 bridgehead atoms. The predicted octanol–water partition coefficient (Wildman–Crippen LogP) is 1.05. The minimum absolute atomic E-state index is 0.465. The van der Waals surface area contributed by atoms with E-state index in [1.807, 2.05) is 6.92 Å². The summed E-state index contributed by atoms with van der Waals surface area (Å²) in [6.07, 6.45) is 0.630. The Bertz CT molecular complexity index is 183. The summed E-state index contributed by atoms with van der Waals surface area (Å²) in [4.78, 5) is 21.2. The molecule has 70 valence electrons. The van der Waals surface area contributed by atoms with Crippen LogP contribution < -0.4 is 0 Å². The van der Waals surface area contributed by atoms with Crippen LogP contribution in [0.15, 0.2) is 0 Å². The van der Waals surface area contributed by atoms with E-state index < -0.39 is 24.0 Å². The Morgan fingerprint density at radius 3 is 2.25 bits per heavy atom. The number of hydrogen-bond acceptors (Lipinski definition) is 3. The molecular weight excluding hydrogens is 160 g/mol. The van der Waals surface area contributed by atoms with E-state index in [0.29, 0.717) is 6.42 Å². The van der Waals surface area contributed by atoms with Crippen molar-refractivity contribution in [2.45, 2.75) is 27.2 Å². The van der Waals surface area contributed by atoms with Crippen LogP contribution in [0.25, 0.3) is 0 Å². The lowest BCUT2D eigenvalue weighted by Gasteiger charge is -2.19. The van der Waals surface area contributed by atoms with Crippen molar-refractivity contribution in [3.8, 4) is 0 Å². The average molecular weight is 174 g/mol. The molecule has 0 saturated carbocycles. The lowest BCUT2D eigenvalue weighted by Crippen LogP contribution is -2.27. The first-order valence-corrected chi connectivity index (χ1v) is 3.79. The summed E-state index contributed by atoms with van der Waals surface area (Å²) >= 11 is 0. The summed E-state index contributed by atoms with van der Waals surface area (Å²) in [7, 11) is 0. The Morgan fingerprint density at radius 1 is 1.42 bits per heavy atom. The van der Waals surface area contributed by atoms with Gasteiger partial charge in [-0.25, -0.2) is 4.79 Å². The minimum Gasteiger partial charge on any atom is -0.479 e. The van der Waals surface area contributed by atoms with E-state index in [1.165, 1.54) is 0 Å². The number of carbonyl (C=O) groups excluding carboxylic acids is 1. The number of hydrogen-bond donors (Lipinski definition) is 1. The molecule has 0 aliphatic heterocycles. The Kier molecular flexibility index (Phi) is 3.73. The molecule has 0 heterocycles. The monoisotopic (exact) mass is 174 g/mol. The molecule has 0 rings (SSSR count). The van der Waals surface area contributed by atoms with Crippen LogP contribution in [0.1, 0.15) is 27.2 Å². The summed E-state index contributed by atoms with van der Waals surface area (Å²) in [5.41, 5.74) is -0.588. The molecule has 0 saturated heterocycles. The van der Waals surface area contributed by atoms with Gasteiger partial charge in [0.25, 0.3) is 0 Å². The van der Waals surface area contributed by atoms with Crippen molar-refractivity contribution in [1.29, 1.82) is 0 Å². The summed E-state index contributed by atoms with van der Waals surface area (Å²) in [6.45, 7) is 4.73. The molecule has 0 atom stereocenters. The van der Waals surface area contributed by atoms with Crippen molar-refractivity contribution in [3.05, 3.63) is 0 Å². The highest BCUT2D eigenvalue weighted by molar-refractivity contribution is 5.79. The van der Waals surface area contributed by atoms with Gasteiger partial charge in [0.05, 0.1) is 5.41 Å². The first-order valence-electron chi connectivity index (χ1n) is 3.79. The third-order valence-corrected chi connectivity index (χ3v) is 1.76. The van der Waals surface area contributed by atoms with Gasteiger partial charge in [0.1, 0.15) is 0 Å². The van der Waals surface area contributed by atoms with Gasteiger partial charge in [-0.1, -0.05) is 6.92 Å². The Hall–Kier alpha value is -1.06. The molecule has 1 N–H and O–H groups in total. The molecule has 0 aliphatic carbocycles. The molecule has 0 aliphatic rings. The predicted molar refractivity (Wildman–Crippen MR) is 42.7 cm³/mol. The van der Waals surface area contributed by atoms with Crippen molar-refractivity contribution in [2.75, 3.05) is 6.61 Å². The van der Waals surface area contributed by atoms with Gasteiger partial charge in [-0.2, -0.15) is 0 Å². The van der Waals surface area contributed by atoms with Crippen LogP contribution in [0.2, 0.25) is 0 Å². The highest BCUT2D eigenvalue weighted by atomic mass is 16.6. The number of carbonyl (C=O) groups is 2. The van der Waals surface area contributed by atoms with Crippen molar-refractivity contribution >= 4 is 11.9 Å². The van der Waals surface area contributed by atoms with Crippen LogP contribution >= 0.6 is 0 Å². The highest BCUT2D eigenvalue weighted by Crippen LogP contribution is 2.21. The summed E-state index contributed by atoms with van der Waals surface area (Å²) < 4.78 is 4.52. The van der Waals surface area contributed by atoms with E-state index in [9.17, 15) is 9.59 Å². The van der Waals surface area contributed by atoms with Gasteiger partial charge in [0, 0.05) is 0 Å². The number of rotatable bonds is 4. The van der Waals surface area contributed by atoms with Crippen LogP contribution in [-0.2, 0) is 14.3 Å². The first-order chi connectivity index (χ1) is 5.40. The SMILES string of the molecule is CCC(C)(C)C(=O)OCC(=O)O. The molecule has 0 aromatic heterocycles. The Labute approximate surface area is 71.5 Å². The van der Waals surface area contributed by atoms with Crippen LogP contribution in [0.4, 0.5) is 0 Å². The van der Waals surface area contributed by atoms with E-state index in [4.69, 9.17) is 5.11 Å². The van der Waals surface area contributed by atoms with Gasteiger partial charge in [-0.05, 0) is 20.3 Å². The summed E-state index contributed by atoms with van der Waals surface area (Å²) in [6, 6.07) is 0. The van der Waals surface area contributed by atoms with Crippen LogP contribution in [0, 0.1) is 5.41 Å². The lowest BCUT2D eigenvalue weighted by atomic mass is 9.91. The molecule has 0 spiro atoms. The van der Waals surface area contributed by atoms with Gasteiger partial charge < -0.3 is 9.84 Å². The maximum atomic E-state index is 11.1. The zero-order valence-electron chi connectivity index (χ0n) is 7.59. The van der Waals surface area contributed by atoms with Crippen molar-refractivity contribution in [1.82, 2.24) is 0 Å². The van der Waals surface area contributed by atoms with E-state index in [0.717, 1.165) is 0 Å². The summed E-state index contributed by atoms with van der Waals surface area (Å²) in [5, 5.41) is 8.22. The van der Waals surface area contributed by atoms with Gasteiger partial charge in [-0.3, -0.25) is 4.79 Å². The van der Waals surface area contributed by atoms with Gasteiger partial charge >= 0.3 is 11.9 Å². The molecule has 0 aromatic rings. The molecule has 0 unspecified atom stereocenters. The molecule has 0 amide bonds. The second kappa shape index (κ2) is 4.09. The van der Waals surface area contributed by atoms with E-state index >= 15 is 0 Å². The quantitative estimate of drug-likeness (QED) is 0.647. The fourth-order valence-corrected chi connectivity index (χ4v) is 0.467. The summed E-state index contributed by atoms with van der Waals surface area (Å²) in [5.74, 6) is -1.59. The molecule has 0 radical (unpaired) electrons. The molecule has 12 heavy (non-hydrogen) atoms. The third kappa shape index (κ3) is 3.37. The minimum atomic E-state index is -1.13. The van der Waals surface area contributed by atoms with E-state index in [2.05, 4.69) is 4.74 Å². The largest absolute Gasteiger partial charge is 0.479 e. The Balaban J connectivity index is 3.96. The van der Waals surface area contributed by atoms with Gasteiger partial charge in [0.2, 0.25) is 0 Å². The zero-order valence-corrected chi connectivity index (χ0v) is 7.59. The first kappa shape index (κ1) is 10.9. The van der Waals surface area contributed by atoms with Crippen LogP contribution in [0.5, 0.6) is 0 Å². The van der Waals surface area contributed by atoms with Crippen molar-refractivity contribution in [3.63, 3.8) is 0 Å². The Morgan fingerprint density at radius 2 is 1.92 bits per heavy atom. The lowest BCUT2D eigenvalue weighted by molar-refractivity contribution is -0.162. The normalized spacial score (nSPS) is 10.9. The van der Waals surface area contributed by atoms with Gasteiger partial charge in [0.15, 0.2) is 6.61 Å².